The fraction of sp³-hybridized carbons (Fsp3) is 0.360. The van der Waals surface area contributed by atoms with Crippen molar-refractivity contribution in [3.05, 3.63) is 58.7 Å². The first-order valence-corrected chi connectivity index (χ1v) is 10.7. The van der Waals surface area contributed by atoms with Crippen molar-refractivity contribution in [1.82, 2.24) is 4.90 Å². The molecule has 2 aliphatic heterocycles. The Balaban J connectivity index is 1.85. The second-order valence-electron chi connectivity index (χ2n) is 8.05. The van der Waals surface area contributed by atoms with Crippen molar-refractivity contribution in [3.63, 3.8) is 0 Å². The van der Waals surface area contributed by atoms with Crippen molar-refractivity contribution in [1.29, 1.82) is 0 Å². The lowest BCUT2D eigenvalue weighted by Crippen LogP contribution is -2.32. The molecule has 2 aliphatic rings. The van der Waals surface area contributed by atoms with Gasteiger partial charge in [-0.05, 0) is 48.4 Å². The number of ether oxygens (including phenoxy) is 4. The van der Waals surface area contributed by atoms with Gasteiger partial charge in [0, 0.05) is 25.6 Å². The lowest BCUT2D eigenvalue weighted by molar-refractivity contribution is -0.140. The molecule has 0 bridgehead atoms. The molecule has 1 amide bonds. The van der Waals surface area contributed by atoms with E-state index in [1.807, 2.05) is 13.0 Å². The number of fused-ring (bicyclic) bond motifs is 1. The molecule has 8 nitrogen and oxygen atoms in total. The third-order valence-electron chi connectivity index (χ3n) is 5.97. The van der Waals surface area contributed by atoms with Gasteiger partial charge in [0.25, 0.3) is 11.7 Å². The number of benzene rings is 2. The van der Waals surface area contributed by atoms with Crippen molar-refractivity contribution in [3.8, 4) is 17.2 Å². The van der Waals surface area contributed by atoms with Crippen LogP contribution in [0.2, 0.25) is 0 Å². The van der Waals surface area contributed by atoms with Crippen LogP contribution in [-0.2, 0) is 20.7 Å². The minimum absolute atomic E-state index is 0.0234. The largest absolute Gasteiger partial charge is 0.507 e. The Kier molecular flexibility index (Phi) is 6.29. The smallest absolute Gasteiger partial charge is 0.295 e. The molecule has 1 N–H and O–H groups in total. The van der Waals surface area contributed by atoms with Gasteiger partial charge in [0.15, 0.2) is 11.5 Å². The number of hydrogen-bond acceptors (Lipinski definition) is 7. The molecular weight excluding hydrogens is 426 g/mol. The lowest BCUT2D eigenvalue weighted by atomic mass is 9.94. The van der Waals surface area contributed by atoms with E-state index in [2.05, 4.69) is 0 Å². The summed E-state index contributed by atoms with van der Waals surface area (Å²) in [5, 5.41) is 11.3. The third kappa shape index (κ3) is 4.02. The van der Waals surface area contributed by atoms with Crippen molar-refractivity contribution in [2.24, 2.45) is 0 Å². The number of aliphatic hydroxyl groups is 1. The number of aliphatic hydroxyl groups excluding tert-OH is 1. The molecule has 2 aromatic rings. The molecule has 174 valence electrons. The first-order chi connectivity index (χ1) is 15.9. The number of methoxy groups -OCH3 is 3. The standard InChI is InChI=1S/C25H27NO7/c1-14-11-17-12-16(6-7-18(17)33-14)23(27)21-22(26(9-10-30-2)25(29)24(21)28)15-5-8-19(31-3)20(13-15)32-4/h5-8,12-14,22,27H,9-11H2,1-4H3/t14-,22+/m0/s1. The van der Waals surface area contributed by atoms with E-state index in [9.17, 15) is 14.7 Å². The van der Waals surface area contributed by atoms with Gasteiger partial charge in [0.2, 0.25) is 0 Å². The van der Waals surface area contributed by atoms with Crippen LogP contribution in [0.1, 0.15) is 29.7 Å². The van der Waals surface area contributed by atoms with E-state index >= 15 is 0 Å². The van der Waals surface area contributed by atoms with E-state index in [4.69, 9.17) is 18.9 Å². The third-order valence-corrected chi connectivity index (χ3v) is 5.97. The van der Waals surface area contributed by atoms with Crippen molar-refractivity contribution in [2.75, 3.05) is 34.5 Å². The maximum Gasteiger partial charge on any atom is 0.295 e. The highest BCUT2D eigenvalue weighted by Gasteiger charge is 2.46. The molecule has 0 spiro atoms. The number of nitrogens with zero attached hydrogens (tertiary/aromatic N) is 1. The average molecular weight is 453 g/mol. The normalized spacial score (nSPS) is 21.2. The summed E-state index contributed by atoms with van der Waals surface area (Å²) in [5.41, 5.74) is 2.04. The monoisotopic (exact) mass is 453 g/mol. The van der Waals surface area contributed by atoms with Crippen molar-refractivity contribution in [2.45, 2.75) is 25.5 Å². The highest BCUT2D eigenvalue weighted by molar-refractivity contribution is 6.46. The van der Waals surface area contributed by atoms with E-state index in [0.717, 1.165) is 11.3 Å². The van der Waals surface area contributed by atoms with Gasteiger partial charge >= 0.3 is 0 Å². The lowest BCUT2D eigenvalue weighted by Gasteiger charge is -2.25. The maximum atomic E-state index is 13.1. The van der Waals surface area contributed by atoms with Crippen molar-refractivity contribution >= 4 is 17.4 Å². The van der Waals surface area contributed by atoms with Gasteiger partial charge in [-0.1, -0.05) is 6.07 Å². The minimum atomic E-state index is -0.802. The molecule has 33 heavy (non-hydrogen) atoms. The number of ketones is 1. The van der Waals surface area contributed by atoms with Gasteiger partial charge in [0.05, 0.1) is 32.4 Å². The Bertz CT molecular complexity index is 1120. The fourth-order valence-electron chi connectivity index (χ4n) is 4.39. The van der Waals surface area contributed by atoms with E-state index in [1.165, 1.54) is 26.2 Å². The molecule has 0 saturated carbocycles. The second-order valence-corrected chi connectivity index (χ2v) is 8.05. The van der Waals surface area contributed by atoms with Gasteiger partial charge in [0.1, 0.15) is 17.6 Å². The van der Waals surface area contributed by atoms with Crippen LogP contribution >= 0.6 is 0 Å². The van der Waals surface area contributed by atoms with Gasteiger partial charge < -0.3 is 29.0 Å². The number of carbonyl (C=O) groups is 2. The molecule has 2 atom stereocenters. The number of carbonyl (C=O) groups excluding carboxylic acids is 2. The van der Waals surface area contributed by atoms with Gasteiger partial charge in [-0.15, -0.1) is 0 Å². The minimum Gasteiger partial charge on any atom is -0.507 e. The summed E-state index contributed by atoms with van der Waals surface area (Å²) in [6.07, 6.45) is 0.751. The van der Waals surface area contributed by atoms with Crippen LogP contribution in [0, 0.1) is 0 Å². The molecule has 0 unspecified atom stereocenters. The number of likely N-dealkylation sites (tertiary alicyclic amines) is 1. The Morgan fingerprint density at radius 2 is 1.85 bits per heavy atom. The highest BCUT2D eigenvalue weighted by Crippen LogP contribution is 2.42. The molecule has 2 aromatic carbocycles. The van der Waals surface area contributed by atoms with Crippen LogP contribution < -0.4 is 14.2 Å². The Labute approximate surface area is 192 Å². The first kappa shape index (κ1) is 22.7. The average Bonchev–Trinajstić information content (AvgIpc) is 3.32. The summed E-state index contributed by atoms with van der Waals surface area (Å²) in [6, 6.07) is 9.65. The quantitative estimate of drug-likeness (QED) is 0.391. The highest BCUT2D eigenvalue weighted by atomic mass is 16.5. The summed E-state index contributed by atoms with van der Waals surface area (Å²) < 4.78 is 21.6. The number of rotatable bonds is 7. The van der Waals surface area contributed by atoms with E-state index in [0.29, 0.717) is 29.0 Å². The second kappa shape index (κ2) is 9.15. The summed E-state index contributed by atoms with van der Waals surface area (Å²) in [6.45, 7) is 2.40. The number of Topliss-reactive ketones (excluding diaryl/α,β-unsaturated/α-hetero) is 1. The topological polar surface area (TPSA) is 94.5 Å². The van der Waals surface area contributed by atoms with Crippen molar-refractivity contribution < 1.29 is 33.6 Å². The summed E-state index contributed by atoms with van der Waals surface area (Å²) in [7, 11) is 4.56. The van der Waals surface area contributed by atoms with Gasteiger partial charge in [-0.2, -0.15) is 0 Å². The molecule has 1 saturated heterocycles. The molecule has 0 aliphatic carbocycles. The predicted octanol–water partition coefficient (Wildman–Crippen LogP) is 3.10. The summed E-state index contributed by atoms with van der Waals surface area (Å²) in [4.78, 5) is 27.5. The van der Waals surface area contributed by atoms with Crippen LogP contribution in [0.25, 0.3) is 5.76 Å². The number of amides is 1. The Morgan fingerprint density at radius 1 is 1.09 bits per heavy atom. The molecular formula is C25H27NO7. The van der Waals surface area contributed by atoms with Crippen LogP contribution in [0.15, 0.2) is 42.0 Å². The molecule has 2 heterocycles. The van der Waals surface area contributed by atoms with Gasteiger partial charge in [-0.3, -0.25) is 9.59 Å². The van der Waals surface area contributed by atoms with E-state index < -0.39 is 17.7 Å². The zero-order valence-electron chi connectivity index (χ0n) is 19.1. The van der Waals surface area contributed by atoms with Crippen LogP contribution in [0.4, 0.5) is 0 Å². The Hall–Kier alpha value is -3.52. The molecule has 0 radical (unpaired) electrons. The van der Waals surface area contributed by atoms with E-state index in [-0.39, 0.29) is 30.6 Å². The predicted molar refractivity (Wildman–Crippen MR) is 121 cm³/mol. The molecule has 0 aromatic heterocycles. The van der Waals surface area contributed by atoms with E-state index in [1.54, 1.807) is 30.3 Å². The zero-order chi connectivity index (χ0) is 23.7. The maximum absolute atomic E-state index is 13.1. The summed E-state index contributed by atoms with van der Waals surface area (Å²) in [5.74, 6) is 0.0743. The molecule has 1 fully saturated rings. The van der Waals surface area contributed by atoms with Crippen LogP contribution in [0.3, 0.4) is 0 Å². The Morgan fingerprint density at radius 3 is 2.55 bits per heavy atom. The van der Waals surface area contributed by atoms with Gasteiger partial charge in [-0.25, -0.2) is 0 Å². The summed E-state index contributed by atoms with van der Waals surface area (Å²) >= 11 is 0. The zero-order valence-corrected chi connectivity index (χ0v) is 19.1. The molecule has 8 heteroatoms. The SMILES string of the molecule is COCCN1C(=O)C(=O)C(=C(O)c2ccc3c(c2)C[C@H](C)O3)[C@H]1c1ccc(OC)c(OC)c1. The number of hydrogen-bond donors (Lipinski definition) is 1. The first-order valence-electron chi connectivity index (χ1n) is 10.7. The van der Waals surface area contributed by atoms with Crippen LogP contribution in [-0.4, -0.2) is 62.3 Å². The molecule has 4 rings (SSSR count). The van der Waals surface area contributed by atoms with Crippen LogP contribution in [0.5, 0.6) is 17.2 Å². The fourth-order valence-corrected chi connectivity index (χ4v) is 4.39.